The van der Waals surface area contributed by atoms with Crippen LogP contribution in [0.1, 0.15) is 60.8 Å². The second kappa shape index (κ2) is 11.8. The molecular weight excluding hydrogens is 474 g/mol. The summed E-state index contributed by atoms with van der Waals surface area (Å²) in [5.41, 5.74) is 6.59. The molecule has 1 aliphatic carbocycles. The molecule has 1 aromatic heterocycles. The Morgan fingerprint density at radius 1 is 0.641 bits per heavy atom. The van der Waals surface area contributed by atoms with Crippen LogP contribution in [0.2, 0.25) is 0 Å². The molecule has 4 aromatic carbocycles. The first-order valence-electron chi connectivity index (χ1n) is 14.4. The number of hydrogen-bond donors (Lipinski definition) is 1. The van der Waals surface area contributed by atoms with Gasteiger partial charge in [-0.25, -0.2) is 0 Å². The van der Waals surface area contributed by atoms with Crippen LogP contribution in [0.15, 0.2) is 128 Å². The number of rotatable bonds is 8. The second-order valence-corrected chi connectivity index (χ2v) is 10.8. The highest BCUT2D eigenvalue weighted by molar-refractivity contribution is 5.63. The molecule has 1 aliphatic rings. The number of nitrogens with one attached hydrogen (secondary N) is 1. The molecule has 0 bridgehead atoms. The molecule has 0 radical (unpaired) electrons. The van der Waals surface area contributed by atoms with E-state index in [-0.39, 0.29) is 0 Å². The molecule has 1 saturated carbocycles. The van der Waals surface area contributed by atoms with Crippen LogP contribution in [-0.2, 0) is 12.1 Å². The molecule has 1 fully saturated rings. The topological polar surface area (TPSA) is 29.9 Å². The fourth-order valence-electron chi connectivity index (χ4n) is 6.20. The van der Waals surface area contributed by atoms with Gasteiger partial charge < -0.3 is 5.32 Å². The average Bonchev–Trinajstić information content (AvgIpc) is 3.35. The Hall–Kier alpha value is -3.95. The highest BCUT2D eigenvalue weighted by atomic mass is 15.3. The zero-order chi connectivity index (χ0) is 26.3. The minimum Gasteiger partial charge on any atom is -0.310 e. The van der Waals surface area contributed by atoms with Crippen LogP contribution in [0.3, 0.4) is 0 Å². The Morgan fingerprint density at radius 2 is 1.21 bits per heavy atom. The number of benzene rings is 4. The van der Waals surface area contributed by atoms with Gasteiger partial charge in [-0.3, -0.25) is 4.68 Å². The Bertz CT molecular complexity index is 1350. The van der Waals surface area contributed by atoms with E-state index in [0.29, 0.717) is 6.04 Å². The summed E-state index contributed by atoms with van der Waals surface area (Å²) in [5, 5.41) is 8.88. The third kappa shape index (κ3) is 5.32. The molecule has 5 aromatic rings. The van der Waals surface area contributed by atoms with E-state index in [1.807, 2.05) is 6.20 Å². The predicted octanol–water partition coefficient (Wildman–Crippen LogP) is 8.20. The molecule has 0 aliphatic heterocycles. The van der Waals surface area contributed by atoms with Gasteiger partial charge in [-0.15, -0.1) is 0 Å². The van der Waals surface area contributed by atoms with E-state index in [2.05, 4.69) is 131 Å². The van der Waals surface area contributed by atoms with Gasteiger partial charge in [-0.05, 0) is 46.7 Å². The minimum absolute atomic E-state index is 0.597. The second-order valence-electron chi connectivity index (χ2n) is 10.8. The highest BCUT2D eigenvalue weighted by Crippen LogP contribution is 2.41. The highest BCUT2D eigenvalue weighted by Gasteiger charge is 2.39. The third-order valence-corrected chi connectivity index (χ3v) is 8.21. The summed E-state index contributed by atoms with van der Waals surface area (Å²) in [6.45, 7) is 0.911. The van der Waals surface area contributed by atoms with Crippen LogP contribution in [-0.4, -0.2) is 15.8 Å². The zero-order valence-electron chi connectivity index (χ0n) is 22.5. The van der Waals surface area contributed by atoms with Crippen LogP contribution in [0.4, 0.5) is 0 Å². The van der Waals surface area contributed by atoms with E-state index in [1.54, 1.807) is 0 Å². The monoisotopic (exact) mass is 511 g/mol. The smallest absolute Gasteiger partial charge is 0.138 e. The van der Waals surface area contributed by atoms with Crippen molar-refractivity contribution < 1.29 is 0 Å². The quantitative estimate of drug-likeness (QED) is 0.168. The fraction of sp³-hybridized carbons (Fsp3) is 0.250. The van der Waals surface area contributed by atoms with E-state index in [1.165, 1.54) is 66.3 Å². The van der Waals surface area contributed by atoms with Crippen molar-refractivity contribution in [3.63, 3.8) is 0 Å². The third-order valence-electron chi connectivity index (χ3n) is 8.21. The first kappa shape index (κ1) is 25.3. The maximum absolute atomic E-state index is 5.05. The Kier molecular flexibility index (Phi) is 7.69. The Labute approximate surface area is 232 Å². The molecule has 6 rings (SSSR count). The molecule has 3 nitrogen and oxygen atoms in total. The van der Waals surface area contributed by atoms with E-state index in [9.17, 15) is 0 Å². The van der Waals surface area contributed by atoms with Crippen molar-refractivity contribution in [2.45, 2.75) is 56.7 Å². The molecule has 0 atom stereocenters. The van der Waals surface area contributed by atoms with Crippen LogP contribution < -0.4 is 5.32 Å². The molecule has 3 heteroatoms. The number of nitrogens with zero attached hydrogens (tertiary/aromatic N) is 2. The maximum Gasteiger partial charge on any atom is 0.138 e. The van der Waals surface area contributed by atoms with E-state index in [0.717, 1.165) is 12.1 Å². The first-order chi connectivity index (χ1) is 19.3. The molecule has 1 N–H and O–H groups in total. The summed E-state index contributed by atoms with van der Waals surface area (Å²) in [6, 6.07) is 41.8. The van der Waals surface area contributed by atoms with Gasteiger partial charge in [-0.1, -0.05) is 135 Å². The largest absolute Gasteiger partial charge is 0.310 e. The van der Waals surface area contributed by atoms with E-state index < -0.39 is 5.54 Å². The van der Waals surface area contributed by atoms with Crippen molar-refractivity contribution in [2.24, 2.45) is 0 Å². The molecule has 1 heterocycles. The van der Waals surface area contributed by atoms with Gasteiger partial charge in [0.2, 0.25) is 0 Å². The van der Waals surface area contributed by atoms with Gasteiger partial charge in [0.25, 0.3) is 0 Å². The lowest BCUT2D eigenvalue weighted by Crippen LogP contribution is -2.38. The molecule has 0 amide bonds. The van der Waals surface area contributed by atoms with Crippen LogP contribution in [0, 0.1) is 0 Å². The van der Waals surface area contributed by atoms with Crippen molar-refractivity contribution in [2.75, 3.05) is 0 Å². The molecule has 196 valence electrons. The lowest BCUT2D eigenvalue weighted by Gasteiger charge is -2.36. The summed E-state index contributed by atoms with van der Waals surface area (Å²) < 4.78 is 2.15. The summed E-state index contributed by atoms with van der Waals surface area (Å²) in [6.07, 6.45) is 12.3. The Balaban J connectivity index is 1.39. The normalized spacial score (nSPS) is 14.7. The molecular formula is C36H37N3. The van der Waals surface area contributed by atoms with Crippen molar-refractivity contribution in [3.05, 3.63) is 150 Å². The minimum atomic E-state index is -0.597. The van der Waals surface area contributed by atoms with Gasteiger partial charge in [-0.2, -0.15) is 5.10 Å². The van der Waals surface area contributed by atoms with Crippen molar-refractivity contribution in [1.82, 2.24) is 15.1 Å². The van der Waals surface area contributed by atoms with Gasteiger partial charge in [0.1, 0.15) is 5.54 Å². The predicted molar refractivity (Wildman–Crippen MR) is 161 cm³/mol. The van der Waals surface area contributed by atoms with Gasteiger partial charge >= 0.3 is 0 Å². The van der Waals surface area contributed by atoms with Gasteiger partial charge in [0, 0.05) is 24.3 Å². The summed E-state index contributed by atoms with van der Waals surface area (Å²) in [5.74, 6) is 0. The first-order valence-corrected chi connectivity index (χ1v) is 14.4. The van der Waals surface area contributed by atoms with Crippen LogP contribution in [0.5, 0.6) is 0 Å². The summed E-state index contributed by atoms with van der Waals surface area (Å²) in [7, 11) is 0. The standard InChI is InChI=1S/C36H37N3/c1-2-13-24-35(23-12-1)37-26-29-15-14-16-30(25-29)31-27-38-39(28-31)36(32-17-6-3-7-18-32,33-19-8-4-9-20-33)34-21-10-5-11-22-34/h3-11,14-22,25,27-28,35,37H,1-2,12-13,23-24,26H2. The van der Waals surface area contributed by atoms with Crippen molar-refractivity contribution in [1.29, 1.82) is 0 Å². The van der Waals surface area contributed by atoms with Crippen molar-refractivity contribution >= 4 is 0 Å². The SMILES string of the molecule is c1ccc(C(c2ccccc2)(c2ccccc2)n2cc(-c3cccc(CNC4CCCCCC4)c3)cn2)cc1. The van der Waals surface area contributed by atoms with Gasteiger partial charge in [0.05, 0.1) is 6.20 Å². The average molecular weight is 512 g/mol. The summed E-state index contributed by atoms with van der Waals surface area (Å²) in [4.78, 5) is 0. The van der Waals surface area contributed by atoms with E-state index >= 15 is 0 Å². The summed E-state index contributed by atoms with van der Waals surface area (Å²) >= 11 is 0. The lowest BCUT2D eigenvalue weighted by atomic mass is 9.77. The molecule has 0 spiro atoms. The zero-order valence-corrected chi connectivity index (χ0v) is 22.5. The maximum atomic E-state index is 5.05. The van der Waals surface area contributed by atoms with Crippen molar-refractivity contribution in [3.8, 4) is 11.1 Å². The van der Waals surface area contributed by atoms with E-state index in [4.69, 9.17) is 5.10 Å². The van der Waals surface area contributed by atoms with Crippen LogP contribution in [0.25, 0.3) is 11.1 Å². The molecule has 0 saturated heterocycles. The number of hydrogen-bond acceptors (Lipinski definition) is 2. The molecule has 0 unspecified atom stereocenters. The molecule has 39 heavy (non-hydrogen) atoms. The van der Waals surface area contributed by atoms with Gasteiger partial charge in [0.15, 0.2) is 0 Å². The van der Waals surface area contributed by atoms with Crippen LogP contribution >= 0.6 is 0 Å². The fourth-order valence-corrected chi connectivity index (χ4v) is 6.20. The number of aromatic nitrogens is 2. The Morgan fingerprint density at radius 3 is 1.77 bits per heavy atom. The lowest BCUT2D eigenvalue weighted by molar-refractivity contribution is 0.459.